The van der Waals surface area contributed by atoms with E-state index < -0.39 is 0 Å². The van der Waals surface area contributed by atoms with Crippen molar-refractivity contribution < 1.29 is 17.1 Å². The van der Waals surface area contributed by atoms with E-state index in [1.165, 1.54) is 0 Å². The van der Waals surface area contributed by atoms with Crippen molar-refractivity contribution in [3.8, 4) is 5.75 Å². The minimum absolute atomic E-state index is 0. The van der Waals surface area contributed by atoms with E-state index in [4.69, 9.17) is 22.1 Å². The van der Waals surface area contributed by atoms with Crippen LogP contribution in [0.4, 0.5) is 0 Å². The molecule has 1 aromatic rings. The predicted octanol–water partition coefficient (Wildman–Crippen LogP) is -1.32. The molecule has 0 amide bonds. The summed E-state index contributed by atoms with van der Waals surface area (Å²) in [7, 11) is 0. The van der Waals surface area contributed by atoms with Gasteiger partial charge in [0.25, 0.3) is 0 Å². The number of ether oxygens (including phenoxy) is 1. The van der Waals surface area contributed by atoms with Crippen molar-refractivity contribution in [1.29, 1.82) is 0 Å². The normalized spacial score (nSPS) is 8.83. The van der Waals surface area contributed by atoms with Crippen LogP contribution in [0.15, 0.2) is 24.3 Å². The zero-order valence-corrected chi connectivity index (χ0v) is 7.98. The number of halogens is 2. The first-order valence-corrected chi connectivity index (χ1v) is 3.80. The molecule has 1 rings (SSSR count). The van der Waals surface area contributed by atoms with E-state index in [-0.39, 0.29) is 12.4 Å². The minimum Gasteiger partial charge on any atom is -1.00 e. The Kier molecular flexibility index (Phi) is 5.89. The van der Waals surface area contributed by atoms with Crippen LogP contribution < -0.4 is 22.9 Å². The van der Waals surface area contributed by atoms with E-state index in [1.54, 1.807) is 6.07 Å². The van der Waals surface area contributed by atoms with Crippen LogP contribution in [0, 0.1) is 0 Å². The Hall–Kier alpha value is -0.440. The van der Waals surface area contributed by atoms with Gasteiger partial charge >= 0.3 is 0 Å². The quantitative estimate of drug-likeness (QED) is 0.667. The highest BCUT2D eigenvalue weighted by Crippen LogP contribution is 2.22. The Morgan fingerprint density at radius 1 is 1.33 bits per heavy atom. The van der Waals surface area contributed by atoms with Crippen molar-refractivity contribution in [2.75, 3.05) is 13.2 Å². The van der Waals surface area contributed by atoms with Crippen molar-refractivity contribution in [1.82, 2.24) is 0 Å². The van der Waals surface area contributed by atoms with Gasteiger partial charge in [0.2, 0.25) is 0 Å². The van der Waals surface area contributed by atoms with Crippen LogP contribution in [0.1, 0.15) is 0 Å². The summed E-state index contributed by atoms with van der Waals surface area (Å²) < 4.78 is 5.23. The SMILES string of the molecule is NCCOc1ccccc1Cl.[Cl-]. The van der Waals surface area contributed by atoms with Crippen LogP contribution in [-0.2, 0) is 0 Å². The predicted molar refractivity (Wildman–Crippen MR) is 46.0 cm³/mol. The molecule has 0 atom stereocenters. The van der Waals surface area contributed by atoms with Crippen molar-refractivity contribution in [2.24, 2.45) is 5.73 Å². The summed E-state index contributed by atoms with van der Waals surface area (Å²) in [5.74, 6) is 0.694. The van der Waals surface area contributed by atoms with E-state index in [0.29, 0.717) is 23.9 Å². The zero-order valence-electron chi connectivity index (χ0n) is 6.47. The second kappa shape index (κ2) is 6.12. The van der Waals surface area contributed by atoms with Gasteiger partial charge in [0.05, 0.1) is 5.02 Å². The lowest BCUT2D eigenvalue weighted by Crippen LogP contribution is -3.00. The summed E-state index contributed by atoms with van der Waals surface area (Å²) in [5.41, 5.74) is 5.26. The maximum atomic E-state index is 5.79. The van der Waals surface area contributed by atoms with Crippen LogP contribution in [0.2, 0.25) is 5.02 Å². The molecule has 0 radical (unpaired) electrons. The molecule has 4 heteroatoms. The fraction of sp³-hybridized carbons (Fsp3) is 0.250. The molecule has 0 aliphatic carbocycles. The molecule has 0 saturated carbocycles. The van der Waals surface area contributed by atoms with E-state index in [2.05, 4.69) is 0 Å². The second-order valence-electron chi connectivity index (χ2n) is 2.07. The maximum Gasteiger partial charge on any atom is 0.137 e. The first-order valence-electron chi connectivity index (χ1n) is 3.42. The molecule has 2 nitrogen and oxygen atoms in total. The summed E-state index contributed by atoms with van der Waals surface area (Å²) in [5, 5.41) is 0.626. The highest BCUT2D eigenvalue weighted by atomic mass is 35.5. The Morgan fingerprint density at radius 3 is 2.58 bits per heavy atom. The third kappa shape index (κ3) is 3.30. The van der Waals surface area contributed by atoms with Gasteiger partial charge in [-0.3, -0.25) is 0 Å². The fourth-order valence-corrected chi connectivity index (χ4v) is 0.921. The van der Waals surface area contributed by atoms with Gasteiger partial charge in [0.15, 0.2) is 0 Å². The number of hydrogen-bond acceptors (Lipinski definition) is 2. The molecular formula is C8H10Cl2NO-. The van der Waals surface area contributed by atoms with Crippen LogP contribution in [0.5, 0.6) is 5.75 Å². The monoisotopic (exact) mass is 206 g/mol. The number of hydrogen-bond donors (Lipinski definition) is 1. The average molecular weight is 207 g/mol. The smallest absolute Gasteiger partial charge is 0.137 e. The summed E-state index contributed by atoms with van der Waals surface area (Å²) in [4.78, 5) is 0. The number of benzene rings is 1. The van der Waals surface area contributed by atoms with Gasteiger partial charge in [-0.15, -0.1) is 0 Å². The number of rotatable bonds is 3. The third-order valence-corrected chi connectivity index (χ3v) is 1.52. The van der Waals surface area contributed by atoms with Crippen molar-refractivity contribution in [2.45, 2.75) is 0 Å². The standard InChI is InChI=1S/C8H10ClNO.ClH/c9-7-3-1-2-4-8(7)11-6-5-10;/h1-4H,5-6,10H2;1H/p-1. The van der Waals surface area contributed by atoms with Crippen molar-refractivity contribution in [3.05, 3.63) is 29.3 Å². The molecule has 0 heterocycles. The molecule has 68 valence electrons. The molecule has 2 N–H and O–H groups in total. The van der Waals surface area contributed by atoms with Gasteiger partial charge in [-0.2, -0.15) is 0 Å². The molecule has 0 aromatic heterocycles. The Balaban J connectivity index is 0.00000121. The van der Waals surface area contributed by atoms with Crippen LogP contribution in [-0.4, -0.2) is 13.2 Å². The largest absolute Gasteiger partial charge is 1.00 e. The summed E-state index contributed by atoms with van der Waals surface area (Å²) >= 11 is 5.79. The van der Waals surface area contributed by atoms with Crippen LogP contribution >= 0.6 is 11.6 Å². The third-order valence-electron chi connectivity index (χ3n) is 1.21. The average Bonchev–Trinajstić information content (AvgIpc) is 2.03. The van der Waals surface area contributed by atoms with Crippen molar-refractivity contribution >= 4 is 11.6 Å². The van der Waals surface area contributed by atoms with Gasteiger partial charge < -0.3 is 22.9 Å². The molecular weight excluding hydrogens is 197 g/mol. The van der Waals surface area contributed by atoms with Gasteiger partial charge in [-0.25, -0.2) is 0 Å². The highest BCUT2D eigenvalue weighted by molar-refractivity contribution is 6.32. The summed E-state index contributed by atoms with van der Waals surface area (Å²) in [6.07, 6.45) is 0. The highest BCUT2D eigenvalue weighted by Gasteiger charge is 1.96. The fourth-order valence-electron chi connectivity index (χ4n) is 0.731. The lowest BCUT2D eigenvalue weighted by molar-refractivity contribution is -0.00000263. The van der Waals surface area contributed by atoms with E-state index >= 15 is 0 Å². The molecule has 0 aliphatic rings. The van der Waals surface area contributed by atoms with Gasteiger partial charge in [0.1, 0.15) is 12.4 Å². The summed E-state index contributed by atoms with van der Waals surface area (Å²) in [6, 6.07) is 7.33. The van der Waals surface area contributed by atoms with Gasteiger partial charge in [0, 0.05) is 6.54 Å². The number of para-hydroxylation sites is 1. The molecule has 0 bridgehead atoms. The van der Waals surface area contributed by atoms with E-state index in [9.17, 15) is 0 Å². The van der Waals surface area contributed by atoms with E-state index in [0.717, 1.165) is 0 Å². The lowest BCUT2D eigenvalue weighted by Gasteiger charge is -2.04. The lowest BCUT2D eigenvalue weighted by atomic mass is 10.3. The minimum atomic E-state index is 0. The van der Waals surface area contributed by atoms with Crippen molar-refractivity contribution in [3.63, 3.8) is 0 Å². The topological polar surface area (TPSA) is 35.2 Å². The molecule has 0 aliphatic heterocycles. The second-order valence-corrected chi connectivity index (χ2v) is 2.47. The molecule has 0 unspecified atom stereocenters. The first kappa shape index (κ1) is 11.6. The molecule has 1 aromatic carbocycles. The Bertz CT molecular complexity index is 230. The number of nitrogens with two attached hydrogens (primary N) is 1. The summed E-state index contributed by atoms with van der Waals surface area (Å²) in [6.45, 7) is 1.01. The molecule has 0 saturated heterocycles. The first-order chi connectivity index (χ1) is 5.34. The van der Waals surface area contributed by atoms with Gasteiger partial charge in [-0.1, -0.05) is 23.7 Å². The van der Waals surface area contributed by atoms with Crippen LogP contribution in [0.25, 0.3) is 0 Å². The molecule has 12 heavy (non-hydrogen) atoms. The molecule has 0 fully saturated rings. The van der Waals surface area contributed by atoms with E-state index in [1.807, 2.05) is 18.2 Å². The van der Waals surface area contributed by atoms with Crippen LogP contribution in [0.3, 0.4) is 0 Å². The zero-order chi connectivity index (χ0) is 8.10. The Labute approximate surface area is 83.1 Å². The Morgan fingerprint density at radius 2 is 2.00 bits per heavy atom. The van der Waals surface area contributed by atoms with Gasteiger partial charge in [-0.05, 0) is 12.1 Å². The maximum absolute atomic E-state index is 5.79. The molecule has 0 spiro atoms.